The number of fused-ring (bicyclic) bond motifs is 1. The summed E-state index contributed by atoms with van der Waals surface area (Å²) in [5, 5.41) is 9.31. The Morgan fingerprint density at radius 1 is 0.976 bits per heavy atom. The molecule has 2 aliphatic rings. The third kappa shape index (κ3) is 7.59. The first-order chi connectivity index (χ1) is 19.6. The van der Waals surface area contributed by atoms with Crippen LogP contribution in [0.15, 0.2) is 66.7 Å². The minimum absolute atomic E-state index is 0.211. The molecule has 2 N–H and O–H groups in total. The molecule has 0 unspecified atom stereocenters. The summed E-state index contributed by atoms with van der Waals surface area (Å²) in [5.41, 5.74) is 2.86. The monoisotopic (exact) mass is 557 g/mol. The molecule has 0 aromatic heterocycles. The summed E-state index contributed by atoms with van der Waals surface area (Å²) in [6.07, 6.45) is 2.93. The highest BCUT2D eigenvalue weighted by atomic mass is 16.6. The van der Waals surface area contributed by atoms with E-state index in [9.17, 15) is 9.59 Å². The van der Waals surface area contributed by atoms with E-state index in [0.717, 1.165) is 44.3 Å². The number of rotatable bonds is 8. The van der Waals surface area contributed by atoms with Crippen LogP contribution in [0.3, 0.4) is 0 Å². The molecule has 41 heavy (non-hydrogen) atoms. The highest BCUT2D eigenvalue weighted by molar-refractivity contribution is 5.86. The van der Waals surface area contributed by atoms with Gasteiger partial charge < -0.3 is 25.0 Å². The normalized spacial score (nSPS) is 21.6. The van der Waals surface area contributed by atoms with Crippen LogP contribution in [0.25, 0.3) is 10.8 Å². The molecule has 1 heterocycles. The van der Waals surface area contributed by atoms with Crippen LogP contribution in [0.2, 0.25) is 0 Å². The van der Waals surface area contributed by atoms with Crippen LogP contribution in [-0.4, -0.2) is 48.9 Å². The van der Waals surface area contributed by atoms with E-state index < -0.39 is 11.7 Å². The summed E-state index contributed by atoms with van der Waals surface area (Å²) < 4.78 is 11.1. The number of ether oxygens (including phenoxy) is 2. The van der Waals surface area contributed by atoms with Crippen molar-refractivity contribution in [1.29, 1.82) is 0 Å². The van der Waals surface area contributed by atoms with Crippen molar-refractivity contribution in [1.82, 2.24) is 10.6 Å². The van der Waals surface area contributed by atoms with Crippen LogP contribution in [0.1, 0.15) is 70.5 Å². The number of hydrogen-bond donors (Lipinski definition) is 2. The summed E-state index contributed by atoms with van der Waals surface area (Å²) in [6.45, 7) is 9.68. The van der Waals surface area contributed by atoms with E-state index >= 15 is 0 Å². The zero-order chi connectivity index (χ0) is 29.0. The molecule has 7 nitrogen and oxygen atoms in total. The highest BCUT2D eigenvalue weighted by Crippen LogP contribution is 2.27. The van der Waals surface area contributed by atoms with Gasteiger partial charge in [0.15, 0.2) is 0 Å². The van der Waals surface area contributed by atoms with Gasteiger partial charge in [0.2, 0.25) is 0 Å². The number of hydrogen-bond acceptors (Lipinski definition) is 6. The number of anilines is 1. The first-order valence-electron chi connectivity index (χ1n) is 14.9. The fourth-order valence-electron chi connectivity index (χ4n) is 6.10. The molecule has 1 aliphatic heterocycles. The number of carbonyl (C=O) groups is 2. The van der Waals surface area contributed by atoms with Gasteiger partial charge in [-0.25, -0.2) is 4.79 Å². The lowest BCUT2D eigenvalue weighted by Crippen LogP contribution is -2.44. The van der Waals surface area contributed by atoms with Crippen molar-refractivity contribution in [3.05, 3.63) is 77.9 Å². The summed E-state index contributed by atoms with van der Waals surface area (Å²) in [5.74, 6) is -0.270. The maximum atomic E-state index is 12.7. The molecule has 1 aliphatic carbocycles. The third-order valence-electron chi connectivity index (χ3n) is 8.05. The van der Waals surface area contributed by atoms with E-state index in [2.05, 4.69) is 77.1 Å². The van der Waals surface area contributed by atoms with Gasteiger partial charge in [-0.05, 0) is 87.4 Å². The van der Waals surface area contributed by atoms with E-state index in [0.29, 0.717) is 6.04 Å². The Balaban J connectivity index is 1.10. The molecule has 1 saturated heterocycles. The molecule has 4 atom stereocenters. The molecular weight excluding hydrogens is 514 g/mol. The van der Waals surface area contributed by atoms with Gasteiger partial charge in [-0.15, -0.1) is 0 Å². The number of nitrogens with one attached hydrogen (secondary N) is 2. The van der Waals surface area contributed by atoms with E-state index in [1.807, 2.05) is 32.9 Å². The summed E-state index contributed by atoms with van der Waals surface area (Å²) in [4.78, 5) is 27.3. The summed E-state index contributed by atoms with van der Waals surface area (Å²) >= 11 is 0. The van der Waals surface area contributed by atoms with Crippen molar-refractivity contribution >= 4 is 28.5 Å². The molecular formula is C34H43N3O4. The predicted octanol–water partition coefficient (Wildman–Crippen LogP) is 6.30. The van der Waals surface area contributed by atoms with Gasteiger partial charge in [0.1, 0.15) is 11.7 Å². The molecule has 0 radical (unpaired) electrons. The Morgan fingerprint density at radius 3 is 2.51 bits per heavy atom. The highest BCUT2D eigenvalue weighted by Gasteiger charge is 2.33. The average molecular weight is 558 g/mol. The van der Waals surface area contributed by atoms with Crippen LogP contribution in [0.5, 0.6) is 0 Å². The van der Waals surface area contributed by atoms with Crippen LogP contribution < -0.4 is 15.5 Å². The minimum atomic E-state index is -0.566. The zero-order valence-corrected chi connectivity index (χ0v) is 24.7. The lowest BCUT2D eigenvalue weighted by Gasteiger charge is -2.25. The molecule has 218 valence electrons. The van der Waals surface area contributed by atoms with Gasteiger partial charge in [-0.3, -0.25) is 4.79 Å². The molecule has 0 bridgehead atoms. The topological polar surface area (TPSA) is 79.9 Å². The average Bonchev–Trinajstić information content (AvgIpc) is 3.57. The van der Waals surface area contributed by atoms with Crippen molar-refractivity contribution in [2.24, 2.45) is 0 Å². The number of benzene rings is 3. The van der Waals surface area contributed by atoms with Crippen LogP contribution in [-0.2, 0) is 20.7 Å². The summed E-state index contributed by atoms with van der Waals surface area (Å²) in [7, 11) is 0. The van der Waals surface area contributed by atoms with Crippen molar-refractivity contribution in [2.45, 2.75) is 89.6 Å². The predicted molar refractivity (Wildman–Crippen MR) is 163 cm³/mol. The lowest BCUT2D eigenvalue weighted by atomic mass is 9.99. The van der Waals surface area contributed by atoms with Gasteiger partial charge in [0.05, 0.1) is 12.5 Å². The second-order valence-corrected chi connectivity index (χ2v) is 12.4. The first kappa shape index (κ1) is 28.9. The van der Waals surface area contributed by atoms with Gasteiger partial charge in [-0.1, -0.05) is 54.6 Å². The van der Waals surface area contributed by atoms with E-state index in [1.165, 1.54) is 22.0 Å². The number of carbonyl (C=O) groups excluding carboxylic acids is 2. The van der Waals surface area contributed by atoms with Crippen molar-refractivity contribution in [3.8, 4) is 0 Å². The Bertz CT molecular complexity index is 1340. The van der Waals surface area contributed by atoms with Crippen LogP contribution in [0, 0.1) is 0 Å². The SMILES string of the molecule is C[C@@H](N[C@H]1CCN(c2ccc(CC(=O)O[C@H]3CCC[C@@H]3NC(=O)OC(C)(C)C)cc2)C1)c1cccc2ccccc12. The van der Waals surface area contributed by atoms with Crippen LogP contribution >= 0.6 is 0 Å². The zero-order valence-electron chi connectivity index (χ0n) is 24.7. The van der Waals surface area contributed by atoms with Crippen molar-refractivity contribution in [3.63, 3.8) is 0 Å². The number of esters is 1. The maximum Gasteiger partial charge on any atom is 0.408 e. The number of nitrogens with zero attached hydrogens (tertiary/aromatic N) is 1. The van der Waals surface area contributed by atoms with Gasteiger partial charge >= 0.3 is 12.1 Å². The smallest absolute Gasteiger partial charge is 0.408 e. The number of alkyl carbamates (subject to hydrolysis) is 1. The fraction of sp³-hybridized carbons (Fsp3) is 0.471. The lowest BCUT2D eigenvalue weighted by molar-refractivity contribution is -0.148. The molecule has 3 aromatic rings. The third-order valence-corrected chi connectivity index (χ3v) is 8.05. The number of amides is 1. The van der Waals surface area contributed by atoms with Crippen LogP contribution in [0.4, 0.5) is 10.5 Å². The van der Waals surface area contributed by atoms with Crippen molar-refractivity contribution in [2.75, 3.05) is 18.0 Å². The summed E-state index contributed by atoms with van der Waals surface area (Å²) in [6, 6.07) is 23.8. The van der Waals surface area contributed by atoms with E-state index in [-0.39, 0.29) is 30.6 Å². The standard InChI is InChI=1S/C34H43N3O4/c1-23(28-12-7-10-25-9-5-6-11-29(25)28)35-26-19-20-37(22-26)27-17-15-24(16-18-27)21-32(38)40-31-14-8-13-30(31)36-33(39)41-34(2,3)4/h5-7,9-12,15-18,23,26,30-31,35H,8,13-14,19-22H2,1-4H3,(H,36,39)/t23-,26+,30+,31+/m1/s1. The molecule has 5 rings (SSSR count). The largest absolute Gasteiger partial charge is 0.460 e. The Hall–Kier alpha value is -3.58. The molecule has 3 aromatic carbocycles. The van der Waals surface area contributed by atoms with Gasteiger partial charge in [-0.2, -0.15) is 0 Å². The quantitative estimate of drug-likeness (QED) is 0.317. The molecule has 1 saturated carbocycles. The Labute approximate surface area is 243 Å². The molecule has 2 fully saturated rings. The van der Waals surface area contributed by atoms with Gasteiger partial charge in [0, 0.05) is 30.9 Å². The fourth-order valence-corrected chi connectivity index (χ4v) is 6.10. The van der Waals surface area contributed by atoms with E-state index in [1.54, 1.807) is 0 Å². The molecule has 0 spiro atoms. The molecule has 1 amide bonds. The maximum absolute atomic E-state index is 12.7. The second kappa shape index (κ2) is 12.5. The Kier molecular flexibility index (Phi) is 8.83. The molecule has 7 heteroatoms. The second-order valence-electron chi connectivity index (χ2n) is 12.4. The Morgan fingerprint density at radius 2 is 1.73 bits per heavy atom. The van der Waals surface area contributed by atoms with E-state index in [4.69, 9.17) is 9.47 Å². The first-order valence-corrected chi connectivity index (χ1v) is 14.9. The minimum Gasteiger partial charge on any atom is -0.460 e. The van der Waals surface area contributed by atoms with Gasteiger partial charge in [0.25, 0.3) is 0 Å². The van der Waals surface area contributed by atoms with Crippen molar-refractivity contribution < 1.29 is 19.1 Å².